The lowest BCUT2D eigenvalue weighted by atomic mass is 10.2. The molecule has 0 radical (unpaired) electrons. The summed E-state index contributed by atoms with van der Waals surface area (Å²) in [4.78, 5) is 16.7. The summed E-state index contributed by atoms with van der Waals surface area (Å²) >= 11 is 1.33. The van der Waals surface area contributed by atoms with Gasteiger partial charge in [0.25, 0.3) is 0 Å². The number of hydrogen-bond acceptors (Lipinski definition) is 6. The van der Waals surface area contributed by atoms with Crippen molar-refractivity contribution in [3.05, 3.63) is 5.82 Å². The Balaban J connectivity index is 2.12. The van der Waals surface area contributed by atoms with Gasteiger partial charge in [0.05, 0.1) is 0 Å². The molecule has 112 valence electrons. The first-order valence-corrected chi connectivity index (χ1v) is 7.67. The molecule has 2 heterocycles. The van der Waals surface area contributed by atoms with Crippen molar-refractivity contribution in [2.75, 3.05) is 18.1 Å². The average molecular weight is 298 g/mol. The van der Waals surface area contributed by atoms with Crippen molar-refractivity contribution < 1.29 is 9.53 Å². The van der Waals surface area contributed by atoms with E-state index in [0.717, 1.165) is 23.9 Å². The van der Waals surface area contributed by atoms with Crippen LogP contribution in [0.25, 0.3) is 0 Å². The zero-order valence-corrected chi connectivity index (χ0v) is 13.5. The third kappa shape index (κ3) is 3.39. The molecule has 1 fully saturated rings. The molecule has 0 N–H and O–H groups in total. The molecule has 0 aromatic carbocycles. The van der Waals surface area contributed by atoms with Gasteiger partial charge in [-0.3, -0.25) is 5.01 Å². The minimum atomic E-state index is -0.491. The van der Waals surface area contributed by atoms with E-state index >= 15 is 0 Å². The minimum absolute atomic E-state index is 0.289. The number of rotatable bonds is 2. The second kappa shape index (κ2) is 5.55. The monoisotopic (exact) mass is 298 g/mol. The molecule has 1 aliphatic heterocycles. The normalized spacial score (nSPS) is 16.1. The Hall–Kier alpha value is -1.37. The molecule has 1 aromatic heterocycles. The van der Waals surface area contributed by atoms with E-state index in [0.29, 0.717) is 6.54 Å². The van der Waals surface area contributed by atoms with Crippen LogP contribution in [0.2, 0.25) is 0 Å². The van der Waals surface area contributed by atoms with Crippen LogP contribution in [-0.2, 0) is 4.74 Å². The molecular formula is C13H22N4O2S. The summed E-state index contributed by atoms with van der Waals surface area (Å²) in [5.41, 5.74) is -0.491. The van der Waals surface area contributed by atoms with Crippen LogP contribution in [0.3, 0.4) is 0 Å². The molecule has 7 heteroatoms. The molecule has 1 amide bonds. The van der Waals surface area contributed by atoms with Gasteiger partial charge in [0.1, 0.15) is 11.4 Å². The van der Waals surface area contributed by atoms with E-state index in [2.05, 4.69) is 23.2 Å². The predicted molar refractivity (Wildman–Crippen MR) is 78.9 cm³/mol. The highest BCUT2D eigenvalue weighted by Gasteiger charge is 2.32. The third-order valence-corrected chi connectivity index (χ3v) is 3.55. The Bertz CT molecular complexity index is 481. The van der Waals surface area contributed by atoms with E-state index in [9.17, 15) is 4.79 Å². The van der Waals surface area contributed by atoms with Crippen molar-refractivity contribution in [1.82, 2.24) is 14.4 Å². The lowest BCUT2D eigenvalue weighted by Gasteiger charge is -2.29. The quantitative estimate of drug-likeness (QED) is 0.840. The van der Waals surface area contributed by atoms with Crippen molar-refractivity contribution in [2.24, 2.45) is 0 Å². The number of carbonyl (C=O) groups excluding carboxylic acids is 1. The van der Waals surface area contributed by atoms with Gasteiger partial charge < -0.3 is 4.74 Å². The van der Waals surface area contributed by atoms with Crippen LogP contribution in [0.4, 0.5) is 9.93 Å². The predicted octanol–water partition coefficient (Wildman–Crippen LogP) is 3.02. The van der Waals surface area contributed by atoms with Gasteiger partial charge in [0, 0.05) is 30.5 Å². The summed E-state index contributed by atoms with van der Waals surface area (Å²) in [6, 6.07) is 0. The summed E-state index contributed by atoms with van der Waals surface area (Å²) < 4.78 is 9.77. The molecule has 1 aromatic rings. The smallest absolute Gasteiger partial charge is 0.429 e. The fourth-order valence-electron chi connectivity index (χ4n) is 1.88. The maximum atomic E-state index is 12.2. The zero-order chi connectivity index (χ0) is 14.9. The molecule has 20 heavy (non-hydrogen) atoms. The first-order chi connectivity index (χ1) is 9.28. The van der Waals surface area contributed by atoms with E-state index in [1.165, 1.54) is 11.5 Å². The number of carbonyl (C=O) groups is 1. The van der Waals surface area contributed by atoms with Gasteiger partial charge in [-0.1, -0.05) is 13.8 Å². The van der Waals surface area contributed by atoms with Crippen molar-refractivity contribution in [3.63, 3.8) is 0 Å². The van der Waals surface area contributed by atoms with Crippen LogP contribution in [0.15, 0.2) is 0 Å². The Labute approximate surface area is 123 Å². The van der Waals surface area contributed by atoms with E-state index in [1.54, 1.807) is 5.01 Å². The Kier molecular flexibility index (Phi) is 4.17. The summed E-state index contributed by atoms with van der Waals surface area (Å²) in [6.45, 7) is 11.1. The Morgan fingerprint density at radius 1 is 1.35 bits per heavy atom. The molecule has 0 spiro atoms. The van der Waals surface area contributed by atoms with Crippen molar-refractivity contribution >= 4 is 22.8 Å². The number of aromatic nitrogens is 2. The summed E-state index contributed by atoms with van der Waals surface area (Å²) in [7, 11) is 0. The maximum absolute atomic E-state index is 12.2. The second-order valence-corrected chi connectivity index (χ2v) is 6.90. The van der Waals surface area contributed by atoms with Gasteiger partial charge in [-0.25, -0.2) is 14.8 Å². The topological polar surface area (TPSA) is 58.6 Å². The van der Waals surface area contributed by atoms with Crippen molar-refractivity contribution in [2.45, 2.75) is 52.6 Å². The van der Waals surface area contributed by atoms with Gasteiger partial charge in [-0.05, 0) is 27.2 Å². The fourth-order valence-corrected chi connectivity index (χ4v) is 2.73. The van der Waals surface area contributed by atoms with Crippen molar-refractivity contribution in [3.8, 4) is 0 Å². The number of nitrogens with zero attached hydrogens (tertiary/aromatic N) is 4. The molecule has 0 unspecified atom stereocenters. The SMILES string of the molecule is CC(C)c1nsc(N2CCCN2C(=O)OC(C)(C)C)n1. The highest BCUT2D eigenvalue weighted by atomic mass is 32.1. The molecule has 1 aliphatic rings. The number of amides is 1. The zero-order valence-electron chi connectivity index (χ0n) is 12.7. The van der Waals surface area contributed by atoms with Crippen molar-refractivity contribution in [1.29, 1.82) is 0 Å². The number of hydrazine groups is 1. The number of anilines is 1. The van der Waals surface area contributed by atoms with Gasteiger partial charge in [-0.2, -0.15) is 4.37 Å². The van der Waals surface area contributed by atoms with Crippen LogP contribution >= 0.6 is 11.5 Å². The first-order valence-electron chi connectivity index (χ1n) is 6.89. The standard InChI is InChI=1S/C13H22N4O2S/c1-9(2)10-14-11(20-15-10)16-7-6-8-17(16)12(18)19-13(3,4)5/h9H,6-8H2,1-5H3. The highest BCUT2D eigenvalue weighted by Crippen LogP contribution is 2.27. The molecular weight excluding hydrogens is 276 g/mol. The first kappa shape index (κ1) is 15.0. The van der Waals surface area contributed by atoms with Gasteiger partial charge >= 0.3 is 6.09 Å². The molecule has 2 rings (SSSR count). The lowest BCUT2D eigenvalue weighted by Crippen LogP contribution is -2.44. The Morgan fingerprint density at radius 3 is 2.60 bits per heavy atom. The lowest BCUT2D eigenvalue weighted by molar-refractivity contribution is 0.0274. The Morgan fingerprint density at radius 2 is 2.05 bits per heavy atom. The van der Waals surface area contributed by atoms with Crippen LogP contribution in [0, 0.1) is 0 Å². The molecule has 0 saturated carbocycles. The van der Waals surface area contributed by atoms with Crippen LogP contribution in [0.5, 0.6) is 0 Å². The van der Waals surface area contributed by atoms with E-state index < -0.39 is 5.60 Å². The fraction of sp³-hybridized carbons (Fsp3) is 0.769. The number of hydrogen-bond donors (Lipinski definition) is 0. The second-order valence-electron chi connectivity index (χ2n) is 6.17. The maximum Gasteiger partial charge on any atom is 0.429 e. The molecule has 6 nitrogen and oxygen atoms in total. The van der Waals surface area contributed by atoms with Gasteiger partial charge in [-0.15, -0.1) is 0 Å². The average Bonchev–Trinajstić information content (AvgIpc) is 2.95. The molecule has 1 saturated heterocycles. The van der Waals surface area contributed by atoms with E-state index in [1.807, 2.05) is 25.8 Å². The van der Waals surface area contributed by atoms with Gasteiger partial charge in [0.15, 0.2) is 0 Å². The van der Waals surface area contributed by atoms with Gasteiger partial charge in [0.2, 0.25) is 5.13 Å². The molecule has 0 aliphatic carbocycles. The van der Waals surface area contributed by atoms with E-state index in [4.69, 9.17) is 4.74 Å². The van der Waals surface area contributed by atoms with Crippen LogP contribution in [-0.4, -0.2) is 39.2 Å². The molecule has 0 atom stereocenters. The largest absolute Gasteiger partial charge is 0.442 e. The minimum Gasteiger partial charge on any atom is -0.442 e. The summed E-state index contributed by atoms with van der Waals surface area (Å²) in [5.74, 6) is 1.11. The van der Waals surface area contributed by atoms with Crippen LogP contribution in [0.1, 0.15) is 52.8 Å². The number of ether oxygens (including phenoxy) is 1. The third-order valence-electron chi connectivity index (χ3n) is 2.80. The summed E-state index contributed by atoms with van der Waals surface area (Å²) in [5, 5.41) is 4.25. The molecule has 0 bridgehead atoms. The summed E-state index contributed by atoms with van der Waals surface area (Å²) in [6.07, 6.45) is 0.590. The van der Waals surface area contributed by atoms with Crippen LogP contribution < -0.4 is 5.01 Å². The van der Waals surface area contributed by atoms with E-state index in [-0.39, 0.29) is 12.0 Å². The highest BCUT2D eigenvalue weighted by molar-refractivity contribution is 7.09.